The number of amides is 1. The van der Waals surface area contributed by atoms with Crippen LogP contribution in [0.2, 0.25) is 0 Å². The molecule has 188 valence electrons. The first-order valence-corrected chi connectivity index (χ1v) is 13.0. The molecule has 0 spiro atoms. The zero-order chi connectivity index (χ0) is 23.7. The highest BCUT2D eigenvalue weighted by molar-refractivity contribution is 5.78. The van der Waals surface area contributed by atoms with E-state index in [4.69, 9.17) is 15.2 Å². The van der Waals surface area contributed by atoms with E-state index in [9.17, 15) is 15.0 Å². The van der Waals surface area contributed by atoms with Crippen LogP contribution in [0.4, 0.5) is 0 Å². The Morgan fingerprint density at radius 3 is 2.41 bits per heavy atom. The van der Waals surface area contributed by atoms with E-state index in [0.717, 1.165) is 64.2 Å². The van der Waals surface area contributed by atoms with Crippen molar-refractivity contribution in [1.29, 1.82) is 0 Å². The highest BCUT2D eigenvalue weighted by atomic mass is 16.7. The number of aliphatic hydroxyl groups is 2. The van der Waals surface area contributed by atoms with Gasteiger partial charge in [-0.15, -0.1) is 0 Å². The van der Waals surface area contributed by atoms with Crippen LogP contribution in [0.3, 0.4) is 0 Å². The standard InChI is InChI=1S/C25H48N2O5/c1-5-17-10-8-11-19(7-3)24(30)27-15-9-12-18(6-2)20(14-13-17)32-25-23(29)21(26)22(28)16(4)31-25/h16-23,25,28-29H,5-15,26H2,1-4H3,(H,27,30)/t16-,17?,18+,19?,20?,21+,22+,23+,25-/m0/s1. The molecule has 0 aliphatic carbocycles. The summed E-state index contributed by atoms with van der Waals surface area (Å²) >= 11 is 0. The van der Waals surface area contributed by atoms with Crippen LogP contribution in [0.15, 0.2) is 0 Å². The summed E-state index contributed by atoms with van der Waals surface area (Å²) in [6, 6.07) is -0.785. The quantitative estimate of drug-likeness (QED) is 0.505. The van der Waals surface area contributed by atoms with Crippen LogP contribution >= 0.6 is 0 Å². The van der Waals surface area contributed by atoms with E-state index in [-0.39, 0.29) is 17.9 Å². The van der Waals surface area contributed by atoms with Crippen LogP contribution in [-0.4, -0.2) is 59.4 Å². The van der Waals surface area contributed by atoms with Gasteiger partial charge in [-0.1, -0.05) is 46.5 Å². The maximum absolute atomic E-state index is 12.6. The Kier molecular flexibility index (Phi) is 11.9. The molecule has 5 N–H and O–H groups in total. The van der Waals surface area contributed by atoms with Crippen LogP contribution in [0, 0.1) is 17.8 Å². The van der Waals surface area contributed by atoms with Crippen LogP contribution < -0.4 is 11.1 Å². The van der Waals surface area contributed by atoms with Gasteiger partial charge < -0.3 is 30.7 Å². The molecule has 2 aliphatic rings. The van der Waals surface area contributed by atoms with E-state index in [1.807, 2.05) is 0 Å². The van der Waals surface area contributed by atoms with Crippen molar-refractivity contribution in [3.63, 3.8) is 0 Å². The molecule has 2 rings (SSSR count). The van der Waals surface area contributed by atoms with Crippen molar-refractivity contribution in [1.82, 2.24) is 5.32 Å². The number of hydrogen-bond acceptors (Lipinski definition) is 6. The molecule has 0 saturated carbocycles. The van der Waals surface area contributed by atoms with Crippen molar-refractivity contribution in [2.24, 2.45) is 23.5 Å². The smallest absolute Gasteiger partial charge is 0.223 e. The molecule has 3 unspecified atom stereocenters. The molecular formula is C25H48N2O5. The lowest BCUT2D eigenvalue weighted by atomic mass is 9.85. The Morgan fingerprint density at radius 1 is 1.00 bits per heavy atom. The summed E-state index contributed by atoms with van der Waals surface area (Å²) in [6.45, 7) is 8.96. The Labute approximate surface area is 194 Å². The summed E-state index contributed by atoms with van der Waals surface area (Å²) in [5.74, 6) is 1.23. The van der Waals surface area contributed by atoms with Crippen molar-refractivity contribution < 1.29 is 24.5 Å². The maximum atomic E-state index is 12.6. The number of hydrogen-bond donors (Lipinski definition) is 4. The first-order valence-electron chi connectivity index (χ1n) is 13.0. The van der Waals surface area contributed by atoms with E-state index in [0.29, 0.717) is 18.4 Å². The molecule has 7 nitrogen and oxygen atoms in total. The molecule has 0 aromatic heterocycles. The summed E-state index contributed by atoms with van der Waals surface area (Å²) in [7, 11) is 0. The lowest BCUT2D eigenvalue weighted by Crippen LogP contribution is -2.61. The van der Waals surface area contributed by atoms with Crippen LogP contribution in [0.1, 0.15) is 91.9 Å². The lowest BCUT2D eigenvalue weighted by Gasteiger charge is -2.42. The van der Waals surface area contributed by atoms with Gasteiger partial charge in [0.15, 0.2) is 6.29 Å². The highest BCUT2D eigenvalue weighted by Crippen LogP contribution is 2.31. The van der Waals surface area contributed by atoms with Crippen molar-refractivity contribution >= 4 is 5.91 Å². The third-order valence-corrected chi connectivity index (χ3v) is 7.77. The Balaban J connectivity index is 2.11. The molecule has 2 heterocycles. The highest BCUT2D eigenvalue weighted by Gasteiger charge is 2.42. The van der Waals surface area contributed by atoms with Crippen molar-refractivity contribution in [2.75, 3.05) is 6.54 Å². The summed E-state index contributed by atoms with van der Waals surface area (Å²) in [5, 5.41) is 23.8. The molecule has 1 amide bonds. The minimum Gasteiger partial charge on any atom is -0.389 e. The first kappa shape index (κ1) is 27.5. The van der Waals surface area contributed by atoms with E-state index in [1.54, 1.807) is 6.92 Å². The third kappa shape index (κ3) is 7.66. The number of carbonyl (C=O) groups excluding carboxylic acids is 1. The molecule has 7 heteroatoms. The predicted molar refractivity (Wildman–Crippen MR) is 126 cm³/mol. The summed E-state index contributed by atoms with van der Waals surface area (Å²) in [6.07, 6.45) is 6.63. The van der Waals surface area contributed by atoms with Crippen LogP contribution in [0.25, 0.3) is 0 Å². The Bertz CT molecular complexity index is 548. The molecule has 32 heavy (non-hydrogen) atoms. The van der Waals surface area contributed by atoms with Gasteiger partial charge in [-0.25, -0.2) is 0 Å². The van der Waals surface area contributed by atoms with Crippen molar-refractivity contribution in [3.8, 4) is 0 Å². The monoisotopic (exact) mass is 456 g/mol. The molecule has 2 aliphatic heterocycles. The molecule has 0 bridgehead atoms. The zero-order valence-corrected chi connectivity index (χ0v) is 20.7. The molecule has 0 radical (unpaired) electrons. The molecule has 0 aromatic rings. The number of rotatable bonds is 5. The largest absolute Gasteiger partial charge is 0.389 e. The van der Waals surface area contributed by atoms with E-state index in [1.165, 1.54) is 0 Å². The Morgan fingerprint density at radius 2 is 1.75 bits per heavy atom. The Hall–Kier alpha value is -0.730. The summed E-state index contributed by atoms with van der Waals surface area (Å²) in [4.78, 5) is 12.6. The lowest BCUT2D eigenvalue weighted by molar-refractivity contribution is -0.286. The average Bonchev–Trinajstić information content (AvgIpc) is 2.79. The van der Waals surface area contributed by atoms with Gasteiger partial charge in [0.2, 0.25) is 5.91 Å². The predicted octanol–water partition coefficient (Wildman–Crippen LogP) is 3.10. The van der Waals surface area contributed by atoms with Gasteiger partial charge in [-0.05, 0) is 57.3 Å². The molecule has 9 atom stereocenters. The fraction of sp³-hybridized carbons (Fsp3) is 0.960. The fourth-order valence-corrected chi connectivity index (χ4v) is 5.27. The summed E-state index contributed by atoms with van der Waals surface area (Å²) in [5.41, 5.74) is 6.03. The fourth-order valence-electron chi connectivity index (χ4n) is 5.27. The van der Waals surface area contributed by atoms with Crippen molar-refractivity contribution in [3.05, 3.63) is 0 Å². The van der Waals surface area contributed by atoms with E-state index < -0.39 is 30.6 Å². The minimum atomic E-state index is -1.06. The minimum absolute atomic E-state index is 0.0506. The number of aliphatic hydroxyl groups excluding tert-OH is 2. The first-order chi connectivity index (χ1) is 15.3. The van der Waals surface area contributed by atoms with Crippen molar-refractivity contribution in [2.45, 2.75) is 129 Å². The second-order valence-electron chi connectivity index (χ2n) is 9.93. The molecule has 2 saturated heterocycles. The number of nitrogens with one attached hydrogen (secondary N) is 1. The van der Waals surface area contributed by atoms with Gasteiger partial charge >= 0.3 is 0 Å². The van der Waals surface area contributed by atoms with Gasteiger partial charge in [0.1, 0.15) is 6.10 Å². The van der Waals surface area contributed by atoms with Gasteiger partial charge in [-0.2, -0.15) is 0 Å². The number of carbonyl (C=O) groups is 1. The van der Waals surface area contributed by atoms with Gasteiger partial charge in [-0.3, -0.25) is 4.79 Å². The topological polar surface area (TPSA) is 114 Å². The van der Waals surface area contributed by atoms with Gasteiger partial charge in [0.05, 0.1) is 24.4 Å². The van der Waals surface area contributed by atoms with E-state index in [2.05, 4.69) is 26.1 Å². The normalized spacial score (nSPS) is 41.0. The van der Waals surface area contributed by atoms with Gasteiger partial charge in [0, 0.05) is 12.5 Å². The second-order valence-corrected chi connectivity index (χ2v) is 9.93. The molecule has 0 aromatic carbocycles. The second kappa shape index (κ2) is 13.9. The van der Waals surface area contributed by atoms with E-state index >= 15 is 0 Å². The van der Waals surface area contributed by atoms with Crippen LogP contribution in [0.5, 0.6) is 0 Å². The number of nitrogens with two attached hydrogens (primary N) is 1. The molecular weight excluding hydrogens is 408 g/mol. The SMILES string of the molecule is CCC1CCCC(CC)C(=O)NCCC[C@@H](CC)C(O[C@@H]2O[C@@H](C)[C@@H](O)[C@@H](N)[C@H]2O)CC1. The number of ether oxygens (including phenoxy) is 2. The third-order valence-electron chi connectivity index (χ3n) is 7.77. The maximum Gasteiger partial charge on any atom is 0.223 e. The zero-order valence-electron chi connectivity index (χ0n) is 20.7. The van der Waals surface area contributed by atoms with Crippen LogP contribution in [-0.2, 0) is 14.3 Å². The molecule has 2 fully saturated rings. The summed E-state index contributed by atoms with van der Waals surface area (Å²) < 4.78 is 12.2. The van der Waals surface area contributed by atoms with Gasteiger partial charge in [0.25, 0.3) is 0 Å². The average molecular weight is 457 g/mol.